The van der Waals surface area contributed by atoms with E-state index < -0.39 is 12.0 Å². The van der Waals surface area contributed by atoms with E-state index in [0.29, 0.717) is 40.9 Å². The maximum absolute atomic E-state index is 12.2. The maximum atomic E-state index is 12.2. The van der Waals surface area contributed by atoms with Gasteiger partial charge in [-0.3, -0.25) is 10.3 Å². The molecule has 1 aliphatic rings. The molecule has 0 radical (unpaired) electrons. The van der Waals surface area contributed by atoms with Gasteiger partial charge in [0, 0.05) is 5.69 Å². The molecule has 3 aromatic rings. The summed E-state index contributed by atoms with van der Waals surface area (Å²) in [4.78, 5) is 27.1. The lowest BCUT2D eigenvalue weighted by atomic mass is 10.1. The molecule has 4 N–H and O–H groups in total. The summed E-state index contributed by atoms with van der Waals surface area (Å²) >= 11 is 0. The standard InChI is InChI=1S/C21H19N5O4/c1-29-20(27)13-3-2-4-16(11-13)26(21(23)28)15-7-5-14(6-8-15)25-12-24-19-17(18(25)22)9-10-30-19/h2-11,22,24H,12H2,1H3,(H2,23,28). The molecule has 1 aromatic heterocycles. The Hall–Kier alpha value is -4.27. The summed E-state index contributed by atoms with van der Waals surface area (Å²) < 4.78 is 10.0. The van der Waals surface area contributed by atoms with E-state index in [0.717, 1.165) is 5.69 Å². The highest BCUT2D eigenvalue weighted by Gasteiger charge is 2.25. The number of hydrogen-bond donors (Lipinski definition) is 3. The predicted octanol–water partition coefficient (Wildman–Crippen LogP) is 3.50. The van der Waals surface area contributed by atoms with Crippen molar-refractivity contribution in [2.24, 2.45) is 5.73 Å². The lowest BCUT2D eigenvalue weighted by Gasteiger charge is -2.30. The molecule has 0 aliphatic carbocycles. The number of urea groups is 1. The molecule has 4 rings (SSSR count). The highest BCUT2D eigenvalue weighted by atomic mass is 16.5. The average molecular weight is 405 g/mol. The molecule has 2 aromatic carbocycles. The second kappa shape index (κ2) is 7.63. The fraction of sp³-hybridized carbons (Fsp3) is 0.0952. The van der Waals surface area contributed by atoms with Crippen LogP contribution in [0.4, 0.5) is 27.7 Å². The molecule has 2 heterocycles. The molecule has 0 saturated carbocycles. The summed E-state index contributed by atoms with van der Waals surface area (Å²) in [5.41, 5.74) is 8.31. The van der Waals surface area contributed by atoms with Gasteiger partial charge in [-0.15, -0.1) is 0 Å². The van der Waals surface area contributed by atoms with Crippen LogP contribution >= 0.6 is 0 Å². The molecule has 0 saturated heterocycles. The van der Waals surface area contributed by atoms with Gasteiger partial charge in [-0.25, -0.2) is 9.59 Å². The summed E-state index contributed by atoms with van der Waals surface area (Å²) in [5.74, 6) is 0.368. The van der Waals surface area contributed by atoms with Crippen LogP contribution in [0, 0.1) is 5.41 Å². The number of fused-ring (bicyclic) bond motifs is 1. The number of nitrogens with zero attached hydrogens (tertiary/aromatic N) is 2. The van der Waals surface area contributed by atoms with Crippen LogP contribution in [0.5, 0.6) is 0 Å². The summed E-state index contributed by atoms with van der Waals surface area (Å²) in [6, 6.07) is 14.5. The molecule has 0 spiro atoms. The normalized spacial score (nSPS) is 12.7. The topological polar surface area (TPSA) is 125 Å². The van der Waals surface area contributed by atoms with Crippen LogP contribution in [-0.4, -0.2) is 31.6 Å². The number of amides is 2. The molecule has 0 unspecified atom stereocenters. The first-order chi connectivity index (χ1) is 14.5. The number of furan rings is 1. The van der Waals surface area contributed by atoms with Crippen molar-refractivity contribution >= 4 is 40.8 Å². The third-order valence-electron chi connectivity index (χ3n) is 4.75. The van der Waals surface area contributed by atoms with Gasteiger partial charge in [-0.2, -0.15) is 0 Å². The molecule has 0 atom stereocenters. The number of carbonyl (C=O) groups is 2. The first-order valence-corrected chi connectivity index (χ1v) is 9.05. The fourth-order valence-electron chi connectivity index (χ4n) is 3.30. The van der Waals surface area contributed by atoms with Crippen LogP contribution in [0.3, 0.4) is 0 Å². The van der Waals surface area contributed by atoms with Crippen molar-refractivity contribution in [2.45, 2.75) is 0 Å². The number of carbonyl (C=O) groups excluding carboxylic acids is 2. The van der Waals surface area contributed by atoms with Crippen LogP contribution in [0.1, 0.15) is 15.9 Å². The Morgan fingerprint density at radius 2 is 1.93 bits per heavy atom. The Kier molecular flexibility index (Phi) is 4.85. The van der Waals surface area contributed by atoms with E-state index in [1.165, 1.54) is 24.3 Å². The zero-order valence-corrected chi connectivity index (χ0v) is 16.1. The van der Waals surface area contributed by atoms with E-state index in [-0.39, 0.29) is 0 Å². The fourth-order valence-corrected chi connectivity index (χ4v) is 3.30. The zero-order chi connectivity index (χ0) is 21.3. The number of esters is 1. The lowest BCUT2D eigenvalue weighted by molar-refractivity contribution is 0.0600. The minimum absolute atomic E-state index is 0.307. The number of amidine groups is 1. The average Bonchev–Trinajstić information content (AvgIpc) is 3.24. The number of methoxy groups -OCH3 is 1. The van der Waals surface area contributed by atoms with Gasteiger partial charge in [-0.05, 0) is 48.5 Å². The molecule has 152 valence electrons. The van der Waals surface area contributed by atoms with E-state index >= 15 is 0 Å². The molecular weight excluding hydrogens is 386 g/mol. The van der Waals surface area contributed by atoms with E-state index in [1.54, 1.807) is 53.4 Å². The number of rotatable bonds is 4. The van der Waals surface area contributed by atoms with Crippen LogP contribution in [-0.2, 0) is 4.74 Å². The minimum Gasteiger partial charge on any atom is -0.465 e. The second-order valence-corrected chi connectivity index (χ2v) is 6.51. The minimum atomic E-state index is -0.694. The molecule has 9 heteroatoms. The van der Waals surface area contributed by atoms with Gasteiger partial charge in [0.15, 0.2) is 0 Å². The highest BCUT2D eigenvalue weighted by Crippen LogP contribution is 2.31. The Bertz CT molecular complexity index is 1120. The van der Waals surface area contributed by atoms with E-state index in [2.05, 4.69) is 5.32 Å². The molecule has 30 heavy (non-hydrogen) atoms. The first kappa shape index (κ1) is 19.1. The first-order valence-electron chi connectivity index (χ1n) is 9.05. The summed E-state index contributed by atoms with van der Waals surface area (Å²) in [7, 11) is 1.29. The van der Waals surface area contributed by atoms with Gasteiger partial charge in [-0.1, -0.05) is 6.07 Å². The predicted molar refractivity (Wildman–Crippen MR) is 112 cm³/mol. The van der Waals surface area contributed by atoms with Gasteiger partial charge in [0.1, 0.15) is 5.84 Å². The number of primary amides is 1. The summed E-state index contributed by atoms with van der Waals surface area (Å²) in [6.45, 7) is 0.374. The molecule has 0 bridgehead atoms. The van der Waals surface area contributed by atoms with Crippen molar-refractivity contribution in [1.29, 1.82) is 5.41 Å². The van der Waals surface area contributed by atoms with Crippen molar-refractivity contribution in [3.05, 3.63) is 72.0 Å². The summed E-state index contributed by atoms with van der Waals surface area (Å²) in [6.07, 6.45) is 1.53. The van der Waals surface area contributed by atoms with E-state index in [1.807, 2.05) is 0 Å². The smallest absolute Gasteiger partial charge is 0.337 e. The SMILES string of the molecule is COC(=O)c1cccc(N(C(N)=O)c2ccc(N3CNc4occc4C3=N)cc2)c1. The van der Waals surface area contributed by atoms with E-state index in [4.69, 9.17) is 20.3 Å². The van der Waals surface area contributed by atoms with Crippen LogP contribution in [0.2, 0.25) is 0 Å². The number of ether oxygens (including phenoxy) is 1. The number of nitrogens with two attached hydrogens (primary N) is 1. The van der Waals surface area contributed by atoms with Gasteiger partial charge < -0.3 is 25.1 Å². The lowest BCUT2D eigenvalue weighted by Crippen LogP contribution is -2.39. The Balaban J connectivity index is 1.63. The quantitative estimate of drug-likeness (QED) is 0.571. The van der Waals surface area contributed by atoms with Crippen molar-refractivity contribution in [1.82, 2.24) is 0 Å². The van der Waals surface area contributed by atoms with Gasteiger partial charge >= 0.3 is 12.0 Å². The Morgan fingerprint density at radius 3 is 2.63 bits per heavy atom. The molecule has 9 nitrogen and oxygen atoms in total. The monoisotopic (exact) mass is 405 g/mol. The maximum Gasteiger partial charge on any atom is 0.337 e. The van der Waals surface area contributed by atoms with Crippen LogP contribution in [0.25, 0.3) is 0 Å². The van der Waals surface area contributed by atoms with Crippen molar-refractivity contribution in [3.8, 4) is 0 Å². The number of anilines is 4. The second-order valence-electron chi connectivity index (χ2n) is 6.51. The Labute approximate surface area is 172 Å². The molecular formula is C21H19N5O4. The van der Waals surface area contributed by atoms with Crippen molar-refractivity contribution in [2.75, 3.05) is 28.9 Å². The largest absolute Gasteiger partial charge is 0.465 e. The number of hydrogen-bond acceptors (Lipinski definition) is 6. The third-order valence-corrected chi connectivity index (χ3v) is 4.75. The van der Waals surface area contributed by atoms with Crippen LogP contribution in [0.15, 0.2) is 65.3 Å². The highest BCUT2D eigenvalue weighted by molar-refractivity contribution is 6.12. The Morgan fingerprint density at radius 1 is 1.17 bits per heavy atom. The van der Waals surface area contributed by atoms with E-state index in [9.17, 15) is 9.59 Å². The summed E-state index contributed by atoms with van der Waals surface area (Å²) in [5, 5.41) is 11.5. The van der Waals surface area contributed by atoms with Gasteiger partial charge in [0.25, 0.3) is 0 Å². The third kappa shape index (κ3) is 3.32. The van der Waals surface area contributed by atoms with Gasteiger partial charge in [0.2, 0.25) is 5.88 Å². The number of benzene rings is 2. The zero-order valence-electron chi connectivity index (χ0n) is 16.1. The molecule has 0 fully saturated rings. The molecule has 2 amide bonds. The molecule has 1 aliphatic heterocycles. The van der Waals surface area contributed by atoms with Gasteiger partial charge in [0.05, 0.1) is 42.5 Å². The number of nitrogens with one attached hydrogen (secondary N) is 2. The van der Waals surface area contributed by atoms with Crippen molar-refractivity contribution < 1.29 is 18.7 Å². The van der Waals surface area contributed by atoms with Crippen LogP contribution < -0.4 is 20.9 Å². The van der Waals surface area contributed by atoms with Crippen molar-refractivity contribution in [3.63, 3.8) is 0 Å².